The highest BCUT2D eigenvalue weighted by Gasteiger charge is 2.04. The van der Waals surface area contributed by atoms with Gasteiger partial charge in [0.1, 0.15) is 5.82 Å². The number of hydrogen-bond acceptors (Lipinski definition) is 2. The Hall–Kier alpha value is -2.16. The molecule has 0 saturated carbocycles. The zero-order chi connectivity index (χ0) is 18.1. The molecule has 0 heterocycles. The summed E-state index contributed by atoms with van der Waals surface area (Å²) in [6.45, 7) is 3.19. The van der Waals surface area contributed by atoms with Crippen LogP contribution in [0.3, 0.4) is 0 Å². The molecule has 1 amide bonds. The van der Waals surface area contributed by atoms with Gasteiger partial charge in [0.15, 0.2) is 5.96 Å². The zero-order valence-electron chi connectivity index (χ0n) is 14.9. The summed E-state index contributed by atoms with van der Waals surface area (Å²) in [6, 6.07) is 14.2. The van der Waals surface area contributed by atoms with E-state index < -0.39 is 0 Å². The Morgan fingerprint density at radius 2 is 1.73 bits per heavy atom. The number of carbonyl (C=O) groups is 1. The molecule has 0 saturated heterocycles. The number of carbonyl (C=O) groups excluding carboxylic acids is 1. The fourth-order valence-corrected chi connectivity index (χ4v) is 2.20. The Labute approximate surface area is 170 Å². The maximum atomic E-state index is 13.5. The first-order chi connectivity index (χ1) is 12.1. The fourth-order valence-electron chi connectivity index (χ4n) is 2.20. The number of amides is 1. The number of halogens is 2. The largest absolute Gasteiger partial charge is 0.355 e. The van der Waals surface area contributed by atoms with E-state index in [1.807, 2.05) is 24.3 Å². The minimum Gasteiger partial charge on any atom is -0.355 e. The fraction of sp³-hybridized carbons (Fsp3) is 0.263. The van der Waals surface area contributed by atoms with Crippen LogP contribution in [0.2, 0.25) is 0 Å². The maximum Gasteiger partial charge on any atom is 0.251 e. The molecule has 2 rings (SSSR count). The first-order valence-corrected chi connectivity index (χ1v) is 8.13. The van der Waals surface area contributed by atoms with E-state index >= 15 is 0 Å². The van der Waals surface area contributed by atoms with E-state index in [1.165, 1.54) is 6.07 Å². The second-order valence-electron chi connectivity index (χ2n) is 5.56. The third-order valence-corrected chi connectivity index (χ3v) is 3.66. The van der Waals surface area contributed by atoms with E-state index in [0.717, 1.165) is 5.56 Å². The molecule has 0 radical (unpaired) electrons. The Kier molecular flexibility index (Phi) is 9.64. The summed E-state index contributed by atoms with van der Waals surface area (Å²) in [4.78, 5) is 16.0. The van der Waals surface area contributed by atoms with Crippen LogP contribution in [0.5, 0.6) is 0 Å². The lowest BCUT2D eigenvalue weighted by molar-refractivity contribution is 0.0954. The standard InChI is InChI=1S/C19H23FN4O.HI/c1-14-8-9-15(12-17(14)20)13-24-19(21-2)23-11-10-22-18(25)16-6-4-3-5-7-16;/h3-9,12H,10-11,13H2,1-2H3,(H,22,25)(H2,21,23,24);1H. The molecule has 26 heavy (non-hydrogen) atoms. The summed E-state index contributed by atoms with van der Waals surface area (Å²) >= 11 is 0. The number of benzene rings is 2. The molecule has 2 aromatic rings. The number of aliphatic imine (C=N–C) groups is 1. The monoisotopic (exact) mass is 470 g/mol. The van der Waals surface area contributed by atoms with E-state index in [-0.39, 0.29) is 35.7 Å². The lowest BCUT2D eigenvalue weighted by atomic mass is 10.1. The first-order valence-electron chi connectivity index (χ1n) is 8.13. The lowest BCUT2D eigenvalue weighted by Crippen LogP contribution is -2.41. The molecule has 3 N–H and O–H groups in total. The molecule has 0 aromatic heterocycles. The van der Waals surface area contributed by atoms with Crippen molar-refractivity contribution in [1.82, 2.24) is 16.0 Å². The number of aryl methyl sites for hydroxylation is 1. The zero-order valence-corrected chi connectivity index (χ0v) is 17.2. The van der Waals surface area contributed by atoms with Crippen LogP contribution in [-0.4, -0.2) is 32.0 Å². The molecule has 5 nitrogen and oxygen atoms in total. The highest BCUT2D eigenvalue weighted by Crippen LogP contribution is 2.08. The summed E-state index contributed by atoms with van der Waals surface area (Å²) in [5.74, 6) is 0.265. The van der Waals surface area contributed by atoms with Gasteiger partial charge in [0.25, 0.3) is 5.91 Å². The van der Waals surface area contributed by atoms with Crippen molar-refractivity contribution in [3.8, 4) is 0 Å². The van der Waals surface area contributed by atoms with Gasteiger partial charge < -0.3 is 16.0 Å². The van der Waals surface area contributed by atoms with Crippen LogP contribution >= 0.6 is 24.0 Å². The van der Waals surface area contributed by atoms with Gasteiger partial charge in [-0.25, -0.2) is 4.39 Å². The van der Waals surface area contributed by atoms with Gasteiger partial charge in [-0.3, -0.25) is 9.79 Å². The molecule has 7 heteroatoms. The van der Waals surface area contributed by atoms with Gasteiger partial charge in [-0.05, 0) is 36.2 Å². The highest BCUT2D eigenvalue weighted by atomic mass is 127. The molecule has 0 atom stereocenters. The molecular weight excluding hydrogens is 446 g/mol. The summed E-state index contributed by atoms with van der Waals surface area (Å²) in [5, 5.41) is 9.05. The van der Waals surface area contributed by atoms with Crippen molar-refractivity contribution >= 4 is 35.8 Å². The van der Waals surface area contributed by atoms with E-state index in [9.17, 15) is 9.18 Å². The van der Waals surface area contributed by atoms with Crippen molar-refractivity contribution in [2.45, 2.75) is 13.5 Å². The molecule has 0 aliphatic heterocycles. The molecule has 0 unspecified atom stereocenters. The van der Waals surface area contributed by atoms with Crippen LogP contribution in [0.15, 0.2) is 53.5 Å². The number of hydrogen-bond donors (Lipinski definition) is 3. The number of nitrogens with one attached hydrogen (secondary N) is 3. The minimum atomic E-state index is -0.217. The van der Waals surface area contributed by atoms with Gasteiger partial charge in [-0.1, -0.05) is 30.3 Å². The molecule has 0 spiro atoms. The Morgan fingerprint density at radius 1 is 1.04 bits per heavy atom. The van der Waals surface area contributed by atoms with Crippen molar-refractivity contribution in [3.05, 3.63) is 71.0 Å². The predicted octanol–water partition coefficient (Wildman–Crippen LogP) is 2.85. The van der Waals surface area contributed by atoms with Crippen molar-refractivity contribution < 1.29 is 9.18 Å². The third kappa shape index (κ3) is 6.99. The van der Waals surface area contributed by atoms with Gasteiger partial charge in [-0.15, -0.1) is 24.0 Å². The average Bonchev–Trinajstić information content (AvgIpc) is 2.64. The minimum absolute atomic E-state index is 0. The smallest absolute Gasteiger partial charge is 0.251 e. The lowest BCUT2D eigenvalue weighted by Gasteiger charge is -2.13. The van der Waals surface area contributed by atoms with E-state index in [4.69, 9.17) is 0 Å². The SMILES string of the molecule is CN=C(NCCNC(=O)c1ccccc1)NCc1ccc(C)c(F)c1.I. The second kappa shape index (κ2) is 11.5. The average molecular weight is 470 g/mol. The van der Waals surface area contributed by atoms with Crippen LogP contribution in [0.1, 0.15) is 21.5 Å². The molecule has 140 valence electrons. The van der Waals surface area contributed by atoms with Crippen LogP contribution < -0.4 is 16.0 Å². The van der Waals surface area contributed by atoms with Gasteiger partial charge in [-0.2, -0.15) is 0 Å². The Bertz CT molecular complexity index is 738. The van der Waals surface area contributed by atoms with Crippen molar-refractivity contribution in [3.63, 3.8) is 0 Å². The normalized spacial score (nSPS) is 10.7. The Morgan fingerprint density at radius 3 is 2.38 bits per heavy atom. The van der Waals surface area contributed by atoms with E-state index in [2.05, 4.69) is 20.9 Å². The Balaban J connectivity index is 0.00000338. The second-order valence-corrected chi connectivity index (χ2v) is 5.56. The van der Waals surface area contributed by atoms with Crippen molar-refractivity contribution in [2.24, 2.45) is 4.99 Å². The molecule has 0 aliphatic carbocycles. The highest BCUT2D eigenvalue weighted by molar-refractivity contribution is 14.0. The molecular formula is C19H24FIN4O. The van der Waals surface area contributed by atoms with Crippen molar-refractivity contribution in [2.75, 3.05) is 20.1 Å². The number of rotatable bonds is 6. The first kappa shape index (κ1) is 21.9. The molecule has 0 fully saturated rings. The maximum absolute atomic E-state index is 13.5. The van der Waals surface area contributed by atoms with Crippen LogP contribution in [0, 0.1) is 12.7 Å². The molecule has 0 aliphatic rings. The van der Waals surface area contributed by atoms with E-state index in [1.54, 1.807) is 32.2 Å². The van der Waals surface area contributed by atoms with Crippen LogP contribution in [-0.2, 0) is 6.54 Å². The number of nitrogens with zero attached hydrogens (tertiary/aromatic N) is 1. The third-order valence-electron chi connectivity index (χ3n) is 3.66. The predicted molar refractivity (Wildman–Crippen MR) is 114 cm³/mol. The topological polar surface area (TPSA) is 65.5 Å². The molecule has 2 aromatic carbocycles. The number of guanidine groups is 1. The summed E-state index contributed by atoms with van der Waals surface area (Å²) in [6.07, 6.45) is 0. The summed E-state index contributed by atoms with van der Waals surface area (Å²) in [7, 11) is 1.66. The van der Waals surface area contributed by atoms with Gasteiger partial charge in [0.05, 0.1) is 0 Å². The van der Waals surface area contributed by atoms with Gasteiger partial charge in [0.2, 0.25) is 0 Å². The summed E-state index contributed by atoms with van der Waals surface area (Å²) in [5.41, 5.74) is 2.09. The van der Waals surface area contributed by atoms with Crippen LogP contribution in [0.25, 0.3) is 0 Å². The van der Waals surface area contributed by atoms with Crippen LogP contribution in [0.4, 0.5) is 4.39 Å². The van der Waals surface area contributed by atoms with Gasteiger partial charge in [0, 0.05) is 32.2 Å². The van der Waals surface area contributed by atoms with E-state index in [0.29, 0.717) is 36.7 Å². The van der Waals surface area contributed by atoms with Gasteiger partial charge >= 0.3 is 0 Å². The van der Waals surface area contributed by atoms with Crippen molar-refractivity contribution in [1.29, 1.82) is 0 Å². The quantitative estimate of drug-likeness (QED) is 0.263. The summed E-state index contributed by atoms with van der Waals surface area (Å²) < 4.78 is 13.5. The molecule has 0 bridgehead atoms.